The van der Waals surface area contributed by atoms with Crippen molar-refractivity contribution in [3.63, 3.8) is 0 Å². The lowest BCUT2D eigenvalue weighted by Gasteiger charge is -2.34. The minimum Gasteiger partial charge on any atom is -0.374 e. The Hall–Kier alpha value is -0.430. The lowest BCUT2D eigenvalue weighted by Crippen LogP contribution is -2.45. The van der Waals surface area contributed by atoms with Crippen LogP contribution in [0.3, 0.4) is 0 Å². The van der Waals surface area contributed by atoms with Crippen LogP contribution in [0.4, 0.5) is 0 Å². The molecular weight excluding hydrogens is 296 g/mol. The molecule has 0 aliphatic carbocycles. The van der Waals surface area contributed by atoms with Crippen LogP contribution in [0, 0.1) is 0 Å². The molecule has 1 aliphatic rings. The Labute approximate surface area is 116 Å². The van der Waals surface area contributed by atoms with Gasteiger partial charge in [-0.25, -0.2) is 0 Å². The van der Waals surface area contributed by atoms with Crippen molar-refractivity contribution in [1.82, 2.24) is 14.7 Å². The van der Waals surface area contributed by atoms with E-state index in [-0.39, 0.29) is 12.1 Å². The summed E-state index contributed by atoms with van der Waals surface area (Å²) in [6.45, 7) is 6.76. The molecule has 102 valence electrons. The molecule has 0 spiro atoms. The zero-order chi connectivity index (χ0) is 13.3. The first-order valence-electron chi connectivity index (χ1n) is 6.29. The Balaban J connectivity index is 2.22. The van der Waals surface area contributed by atoms with Gasteiger partial charge in [0.15, 0.2) is 0 Å². The second-order valence-corrected chi connectivity index (χ2v) is 5.97. The van der Waals surface area contributed by atoms with Crippen LogP contribution in [0.2, 0.25) is 0 Å². The Morgan fingerprint density at radius 1 is 1.56 bits per heavy atom. The molecule has 0 amide bonds. The maximum absolute atomic E-state index is 6.37. The largest absolute Gasteiger partial charge is 0.374 e. The Morgan fingerprint density at radius 2 is 2.28 bits per heavy atom. The van der Waals surface area contributed by atoms with Crippen LogP contribution in [0.5, 0.6) is 0 Å². The van der Waals surface area contributed by atoms with Gasteiger partial charge in [-0.05, 0) is 36.8 Å². The highest BCUT2D eigenvalue weighted by Gasteiger charge is 2.29. The molecule has 0 saturated carbocycles. The summed E-state index contributed by atoms with van der Waals surface area (Å²) >= 11 is 3.54. The maximum Gasteiger partial charge on any atom is 0.0910 e. The zero-order valence-corrected chi connectivity index (χ0v) is 12.7. The first-order valence-corrected chi connectivity index (χ1v) is 7.08. The number of likely N-dealkylation sites (N-methyl/N-ethyl adjacent to an activating group) is 1. The maximum atomic E-state index is 6.37. The second kappa shape index (κ2) is 5.69. The van der Waals surface area contributed by atoms with E-state index >= 15 is 0 Å². The summed E-state index contributed by atoms with van der Waals surface area (Å²) in [7, 11) is 2.09. The molecule has 2 rings (SSSR count). The fourth-order valence-corrected chi connectivity index (χ4v) is 2.82. The topological polar surface area (TPSA) is 56.3 Å². The molecule has 18 heavy (non-hydrogen) atoms. The van der Waals surface area contributed by atoms with Crippen molar-refractivity contribution in [3.8, 4) is 0 Å². The van der Waals surface area contributed by atoms with Crippen molar-refractivity contribution < 1.29 is 4.74 Å². The number of nitrogens with zero attached hydrogens (tertiary/aromatic N) is 3. The summed E-state index contributed by atoms with van der Waals surface area (Å²) in [6.07, 6.45) is 1.83. The van der Waals surface area contributed by atoms with E-state index in [2.05, 4.69) is 46.8 Å². The third kappa shape index (κ3) is 2.77. The molecule has 2 N–H and O–H groups in total. The Morgan fingerprint density at radius 3 is 2.89 bits per heavy atom. The minimum absolute atomic E-state index is 0.0225. The van der Waals surface area contributed by atoms with Gasteiger partial charge in [-0.15, -0.1) is 0 Å². The molecule has 1 fully saturated rings. The molecule has 2 unspecified atom stereocenters. The van der Waals surface area contributed by atoms with Gasteiger partial charge in [0.25, 0.3) is 0 Å². The summed E-state index contributed by atoms with van der Waals surface area (Å²) in [4.78, 5) is 2.25. The number of rotatable bonds is 3. The Kier molecular flexibility index (Phi) is 4.42. The van der Waals surface area contributed by atoms with Gasteiger partial charge in [-0.3, -0.25) is 4.68 Å². The van der Waals surface area contributed by atoms with E-state index in [0.29, 0.717) is 6.04 Å². The molecule has 0 bridgehead atoms. The summed E-state index contributed by atoms with van der Waals surface area (Å²) in [5.74, 6) is 0. The van der Waals surface area contributed by atoms with E-state index in [4.69, 9.17) is 10.5 Å². The molecule has 1 aliphatic heterocycles. The van der Waals surface area contributed by atoms with Gasteiger partial charge in [-0.2, -0.15) is 5.10 Å². The predicted molar refractivity (Wildman–Crippen MR) is 74.5 cm³/mol. The number of aromatic nitrogens is 2. The lowest BCUT2D eigenvalue weighted by molar-refractivity contribution is -0.0341. The average Bonchev–Trinajstić information content (AvgIpc) is 2.70. The van der Waals surface area contributed by atoms with Crippen molar-refractivity contribution in [2.24, 2.45) is 5.73 Å². The third-order valence-electron chi connectivity index (χ3n) is 3.29. The van der Waals surface area contributed by atoms with E-state index in [9.17, 15) is 0 Å². The van der Waals surface area contributed by atoms with Crippen molar-refractivity contribution in [2.45, 2.75) is 32.0 Å². The van der Waals surface area contributed by atoms with Gasteiger partial charge in [0.2, 0.25) is 0 Å². The minimum atomic E-state index is -0.160. The van der Waals surface area contributed by atoms with Crippen LogP contribution in [0.25, 0.3) is 0 Å². The molecule has 0 aromatic carbocycles. The quantitative estimate of drug-likeness (QED) is 0.919. The molecule has 2 atom stereocenters. The summed E-state index contributed by atoms with van der Waals surface area (Å²) < 4.78 is 8.72. The van der Waals surface area contributed by atoms with E-state index in [1.807, 2.05) is 10.9 Å². The summed E-state index contributed by atoms with van der Waals surface area (Å²) in [5, 5.41) is 4.37. The van der Waals surface area contributed by atoms with Crippen LogP contribution >= 0.6 is 15.9 Å². The molecule has 1 saturated heterocycles. The fourth-order valence-electron chi connectivity index (χ4n) is 2.28. The van der Waals surface area contributed by atoms with Crippen molar-refractivity contribution in [2.75, 3.05) is 26.7 Å². The van der Waals surface area contributed by atoms with Crippen molar-refractivity contribution in [1.29, 1.82) is 0 Å². The normalized spacial score (nSPS) is 23.6. The van der Waals surface area contributed by atoms with Crippen LogP contribution in [-0.2, 0) is 4.74 Å². The highest BCUT2D eigenvalue weighted by molar-refractivity contribution is 9.10. The lowest BCUT2D eigenvalue weighted by atomic mass is 10.1. The first kappa shape index (κ1) is 14.0. The molecule has 1 aromatic rings. The molecule has 6 heteroatoms. The van der Waals surface area contributed by atoms with Gasteiger partial charge in [-0.1, -0.05) is 0 Å². The number of nitrogens with two attached hydrogens (primary N) is 1. The van der Waals surface area contributed by atoms with E-state index < -0.39 is 0 Å². The highest BCUT2D eigenvalue weighted by atomic mass is 79.9. The van der Waals surface area contributed by atoms with Gasteiger partial charge >= 0.3 is 0 Å². The highest BCUT2D eigenvalue weighted by Crippen LogP contribution is 2.28. The van der Waals surface area contributed by atoms with Gasteiger partial charge in [0.05, 0.1) is 35.1 Å². The summed E-state index contributed by atoms with van der Waals surface area (Å²) in [6, 6.07) is 0.130. The van der Waals surface area contributed by atoms with Crippen molar-refractivity contribution in [3.05, 3.63) is 16.4 Å². The molecular formula is C12H21BrN4O. The molecule has 5 nitrogen and oxygen atoms in total. The van der Waals surface area contributed by atoms with Crippen LogP contribution < -0.4 is 5.73 Å². The third-order valence-corrected chi connectivity index (χ3v) is 3.90. The Bertz CT molecular complexity index is 407. The van der Waals surface area contributed by atoms with Gasteiger partial charge < -0.3 is 15.4 Å². The van der Waals surface area contributed by atoms with Crippen LogP contribution in [0.1, 0.15) is 31.6 Å². The molecule has 2 heterocycles. The smallest absolute Gasteiger partial charge is 0.0910 e. The predicted octanol–water partition coefficient (Wildman–Crippen LogP) is 1.56. The van der Waals surface area contributed by atoms with Gasteiger partial charge in [0.1, 0.15) is 0 Å². The first-order chi connectivity index (χ1) is 8.50. The number of hydrogen-bond donors (Lipinski definition) is 1. The van der Waals surface area contributed by atoms with E-state index in [0.717, 1.165) is 29.9 Å². The molecule has 1 aromatic heterocycles. The SMILES string of the molecule is CC(C)n1ncc(Br)c1C(N)C1CN(C)CCO1. The number of morpholine rings is 1. The average molecular weight is 317 g/mol. The van der Waals surface area contributed by atoms with Gasteiger partial charge in [0, 0.05) is 19.1 Å². The van der Waals surface area contributed by atoms with E-state index in [1.165, 1.54) is 0 Å². The molecule has 0 radical (unpaired) electrons. The van der Waals surface area contributed by atoms with Crippen molar-refractivity contribution >= 4 is 15.9 Å². The summed E-state index contributed by atoms with van der Waals surface area (Å²) in [5.41, 5.74) is 7.39. The number of hydrogen-bond acceptors (Lipinski definition) is 4. The second-order valence-electron chi connectivity index (χ2n) is 5.11. The standard InChI is InChI=1S/C12H21BrN4O/c1-8(2)17-12(9(13)6-15-17)11(14)10-7-16(3)4-5-18-10/h6,8,10-11H,4-5,7,14H2,1-3H3. The monoisotopic (exact) mass is 316 g/mol. The zero-order valence-electron chi connectivity index (χ0n) is 11.1. The number of halogens is 1. The fraction of sp³-hybridized carbons (Fsp3) is 0.750. The number of ether oxygens (including phenoxy) is 1. The van der Waals surface area contributed by atoms with Crippen LogP contribution in [0.15, 0.2) is 10.7 Å². The van der Waals surface area contributed by atoms with Crippen LogP contribution in [-0.4, -0.2) is 47.5 Å². The van der Waals surface area contributed by atoms with E-state index in [1.54, 1.807) is 0 Å².